The first-order valence-electron chi connectivity index (χ1n) is 8.17. The summed E-state index contributed by atoms with van der Waals surface area (Å²) in [6.07, 6.45) is 1.58. The van der Waals surface area contributed by atoms with Crippen molar-refractivity contribution < 1.29 is 28.5 Å². The van der Waals surface area contributed by atoms with E-state index in [0.29, 0.717) is 22.6 Å². The highest BCUT2D eigenvalue weighted by Gasteiger charge is 2.25. The van der Waals surface area contributed by atoms with Crippen LogP contribution in [-0.4, -0.2) is 38.7 Å². The number of esters is 2. The lowest BCUT2D eigenvalue weighted by atomic mass is 10.1. The van der Waals surface area contributed by atoms with Crippen molar-refractivity contribution in [3.63, 3.8) is 0 Å². The van der Waals surface area contributed by atoms with Gasteiger partial charge in [-0.1, -0.05) is 18.2 Å². The normalized spacial score (nSPS) is 14.5. The number of nitrogens with zero attached hydrogens (tertiary/aromatic N) is 1. The third-order valence-electron chi connectivity index (χ3n) is 3.79. The van der Waals surface area contributed by atoms with E-state index in [0.717, 1.165) is 4.47 Å². The zero-order valence-corrected chi connectivity index (χ0v) is 16.7. The Kier molecular flexibility index (Phi) is 6.10. The maximum Gasteiger partial charge on any atom is 0.363 e. The van der Waals surface area contributed by atoms with Crippen molar-refractivity contribution in [2.24, 2.45) is 4.99 Å². The predicted octanol–water partition coefficient (Wildman–Crippen LogP) is 3.35. The highest BCUT2D eigenvalue weighted by molar-refractivity contribution is 9.10. The van der Waals surface area contributed by atoms with Crippen molar-refractivity contribution in [1.82, 2.24) is 0 Å². The van der Waals surface area contributed by atoms with Crippen molar-refractivity contribution in [3.8, 4) is 11.5 Å². The third-order valence-corrected chi connectivity index (χ3v) is 4.48. The molecule has 0 N–H and O–H groups in total. The number of aliphatic imine (C=N–C) groups is 1. The summed E-state index contributed by atoms with van der Waals surface area (Å²) in [5.41, 5.74) is 1.51. The van der Waals surface area contributed by atoms with Crippen LogP contribution in [0.4, 0.5) is 0 Å². The monoisotopic (exact) mass is 445 g/mol. The molecule has 2 aromatic carbocycles. The molecule has 2 aromatic rings. The first-order valence-corrected chi connectivity index (χ1v) is 8.96. The van der Waals surface area contributed by atoms with E-state index >= 15 is 0 Å². The molecule has 0 saturated heterocycles. The second kappa shape index (κ2) is 8.71. The van der Waals surface area contributed by atoms with Gasteiger partial charge in [0.25, 0.3) is 0 Å². The molecule has 0 fully saturated rings. The van der Waals surface area contributed by atoms with Crippen LogP contribution in [0.25, 0.3) is 6.08 Å². The molecule has 1 heterocycles. The van der Waals surface area contributed by atoms with Crippen LogP contribution in [0.3, 0.4) is 0 Å². The number of carbonyl (C=O) groups excluding carboxylic acids is 2. The quantitative estimate of drug-likeness (QED) is 0.500. The molecule has 0 saturated carbocycles. The number of hydrogen-bond acceptors (Lipinski definition) is 7. The van der Waals surface area contributed by atoms with Gasteiger partial charge in [0.05, 0.1) is 19.8 Å². The number of hydrogen-bond donors (Lipinski definition) is 0. The molecule has 1 aliphatic heterocycles. The Hall–Kier alpha value is -3.13. The van der Waals surface area contributed by atoms with Crippen molar-refractivity contribution in [2.45, 2.75) is 0 Å². The van der Waals surface area contributed by atoms with Crippen molar-refractivity contribution in [1.29, 1.82) is 0 Å². The molecule has 28 heavy (non-hydrogen) atoms. The molecule has 0 unspecified atom stereocenters. The van der Waals surface area contributed by atoms with E-state index < -0.39 is 11.9 Å². The lowest BCUT2D eigenvalue weighted by Crippen LogP contribution is -2.12. The molecule has 0 aliphatic carbocycles. The number of carbonyl (C=O) groups is 2. The first-order chi connectivity index (χ1) is 13.5. The van der Waals surface area contributed by atoms with Gasteiger partial charge in [0.15, 0.2) is 23.8 Å². The average molecular weight is 446 g/mol. The highest BCUT2D eigenvalue weighted by Crippen LogP contribution is 2.30. The largest absolute Gasteiger partial charge is 0.493 e. The Morgan fingerprint density at radius 2 is 1.96 bits per heavy atom. The van der Waals surface area contributed by atoms with Gasteiger partial charge in [-0.3, -0.25) is 0 Å². The fraction of sp³-hybridized carbons (Fsp3) is 0.150. The topological polar surface area (TPSA) is 83.4 Å². The number of methoxy groups -OCH3 is 2. The van der Waals surface area contributed by atoms with Gasteiger partial charge in [-0.25, -0.2) is 14.6 Å². The van der Waals surface area contributed by atoms with E-state index in [1.165, 1.54) is 14.2 Å². The minimum Gasteiger partial charge on any atom is -0.493 e. The summed E-state index contributed by atoms with van der Waals surface area (Å²) >= 11 is 3.41. The minimum atomic E-state index is -0.546. The predicted molar refractivity (Wildman–Crippen MR) is 105 cm³/mol. The van der Waals surface area contributed by atoms with Crippen LogP contribution >= 0.6 is 15.9 Å². The molecule has 0 spiro atoms. The Morgan fingerprint density at radius 1 is 1.18 bits per heavy atom. The summed E-state index contributed by atoms with van der Waals surface area (Å²) in [4.78, 5) is 27.7. The number of ether oxygens (including phenoxy) is 4. The van der Waals surface area contributed by atoms with Crippen LogP contribution in [0.5, 0.6) is 11.5 Å². The molecule has 0 bridgehead atoms. The third kappa shape index (κ3) is 4.40. The standard InChI is InChI=1S/C20H16BrNO6/c1-25-17-10-12(7-8-16(17)27-11-18(23)26-2)9-15-20(24)28-19(22-15)13-5-3-4-6-14(13)21/h3-10H,11H2,1-2H3/b15-9-. The lowest BCUT2D eigenvalue weighted by Gasteiger charge is -2.10. The van der Waals surface area contributed by atoms with E-state index in [4.69, 9.17) is 14.2 Å². The maximum atomic E-state index is 12.2. The SMILES string of the molecule is COC(=O)COc1ccc(/C=C2\N=C(c3ccccc3Br)OC2=O)cc1OC. The summed E-state index contributed by atoms with van der Waals surface area (Å²) < 4.78 is 21.2. The van der Waals surface area contributed by atoms with E-state index in [1.807, 2.05) is 18.2 Å². The number of halogens is 1. The van der Waals surface area contributed by atoms with Crippen LogP contribution in [0.2, 0.25) is 0 Å². The zero-order valence-electron chi connectivity index (χ0n) is 15.1. The van der Waals surface area contributed by atoms with Crippen molar-refractivity contribution >= 4 is 39.8 Å². The highest BCUT2D eigenvalue weighted by atomic mass is 79.9. The summed E-state index contributed by atoms with van der Waals surface area (Å²) in [5, 5.41) is 0. The van der Waals surface area contributed by atoms with Crippen LogP contribution in [-0.2, 0) is 19.1 Å². The molecule has 144 valence electrons. The van der Waals surface area contributed by atoms with Gasteiger partial charge in [-0.2, -0.15) is 0 Å². The summed E-state index contributed by atoms with van der Waals surface area (Å²) in [6, 6.07) is 12.3. The second-order valence-corrected chi connectivity index (χ2v) is 6.45. The number of cyclic esters (lactones) is 1. The van der Waals surface area contributed by atoms with Gasteiger partial charge in [-0.05, 0) is 51.8 Å². The van der Waals surface area contributed by atoms with Gasteiger partial charge >= 0.3 is 11.9 Å². The molecule has 3 rings (SSSR count). The Morgan fingerprint density at radius 3 is 2.68 bits per heavy atom. The van der Waals surface area contributed by atoms with Gasteiger partial charge in [0.1, 0.15) is 0 Å². The second-order valence-electron chi connectivity index (χ2n) is 5.59. The average Bonchev–Trinajstić information content (AvgIpc) is 3.06. The molecule has 0 radical (unpaired) electrons. The Bertz CT molecular complexity index is 982. The zero-order chi connectivity index (χ0) is 20.1. The number of rotatable bonds is 6. The van der Waals surface area contributed by atoms with Crippen LogP contribution < -0.4 is 9.47 Å². The molecule has 0 atom stereocenters. The van der Waals surface area contributed by atoms with Crippen LogP contribution in [0, 0.1) is 0 Å². The Labute approximate surface area is 169 Å². The molecular formula is C20H16BrNO6. The maximum absolute atomic E-state index is 12.2. The lowest BCUT2D eigenvalue weighted by molar-refractivity contribution is -0.143. The molecule has 1 aliphatic rings. The van der Waals surface area contributed by atoms with E-state index in [-0.39, 0.29) is 18.2 Å². The van der Waals surface area contributed by atoms with E-state index in [9.17, 15) is 9.59 Å². The van der Waals surface area contributed by atoms with Gasteiger partial charge in [-0.15, -0.1) is 0 Å². The van der Waals surface area contributed by atoms with E-state index in [1.54, 1.807) is 30.3 Å². The van der Waals surface area contributed by atoms with Crippen LogP contribution in [0.15, 0.2) is 57.6 Å². The molecule has 0 amide bonds. The molecule has 0 aromatic heterocycles. The van der Waals surface area contributed by atoms with Crippen molar-refractivity contribution in [2.75, 3.05) is 20.8 Å². The van der Waals surface area contributed by atoms with Gasteiger partial charge < -0.3 is 18.9 Å². The van der Waals surface area contributed by atoms with Gasteiger partial charge in [0.2, 0.25) is 5.90 Å². The van der Waals surface area contributed by atoms with Crippen molar-refractivity contribution in [3.05, 3.63) is 63.8 Å². The van der Waals surface area contributed by atoms with E-state index in [2.05, 4.69) is 25.7 Å². The minimum absolute atomic E-state index is 0.163. The van der Waals surface area contributed by atoms with Crippen LogP contribution in [0.1, 0.15) is 11.1 Å². The molecule has 7 nitrogen and oxygen atoms in total. The molecular weight excluding hydrogens is 430 g/mol. The fourth-order valence-corrected chi connectivity index (χ4v) is 2.86. The van der Waals surface area contributed by atoms with Gasteiger partial charge in [0, 0.05) is 4.47 Å². The molecule has 8 heteroatoms. The number of benzene rings is 2. The first kappa shape index (κ1) is 19.6. The summed E-state index contributed by atoms with van der Waals surface area (Å²) in [7, 11) is 2.76. The smallest absolute Gasteiger partial charge is 0.363 e. The Balaban J connectivity index is 1.85. The summed E-state index contributed by atoms with van der Waals surface area (Å²) in [6.45, 7) is -0.237. The summed E-state index contributed by atoms with van der Waals surface area (Å²) in [5.74, 6) is -0.0403. The fourth-order valence-electron chi connectivity index (χ4n) is 2.41.